The minimum Gasteiger partial charge on any atom is -0.355 e. The topological polar surface area (TPSA) is 50.2 Å². The number of hydrogen-bond acceptors (Lipinski definition) is 3. The maximum atomic E-state index is 11.2. The Kier molecular flexibility index (Phi) is 4.37. The summed E-state index contributed by atoms with van der Waals surface area (Å²) in [6, 6.07) is 2.93. The zero-order chi connectivity index (χ0) is 16.7. The summed E-state index contributed by atoms with van der Waals surface area (Å²) in [5, 5.41) is 7.88. The zero-order valence-electron chi connectivity index (χ0n) is 15.0. The van der Waals surface area contributed by atoms with Gasteiger partial charge in [-0.05, 0) is 44.2 Å². The highest BCUT2D eigenvalue weighted by atomic mass is 16.1. The van der Waals surface area contributed by atoms with Gasteiger partial charge in [-0.15, -0.1) is 0 Å². The number of carbonyl (C=O) groups is 1. The van der Waals surface area contributed by atoms with E-state index in [1.165, 1.54) is 56.5 Å². The van der Waals surface area contributed by atoms with E-state index >= 15 is 0 Å². The first-order valence-corrected chi connectivity index (χ1v) is 9.64. The van der Waals surface area contributed by atoms with Crippen molar-refractivity contribution in [3.8, 4) is 0 Å². The molecule has 5 nitrogen and oxygen atoms in total. The lowest BCUT2D eigenvalue weighted by Crippen LogP contribution is -2.56. The molecule has 1 saturated carbocycles. The molecular formula is C19H30N4O. The maximum absolute atomic E-state index is 11.2. The average molecular weight is 330 g/mol. The van der Waals surface area contributed by atoms with Gasteiger partial charge >= 0.3 is 0 Å². The monoisotopic (exact) mass is 330 g/mol. The summed E-state index contributed by atoms with van der Waals surface area (Å²) in [4.78, 5) is 13.8. The summed E-state index contributed by atoms with van der Waals surface area (Å²) in [5.74, 6) is 2.13. The van der Waals surface area contributed by atoms with Gasteiger partial charge in [0, 0.05) is 50.6 Å². The Hall–Kier alpha value is -1.36. The Balaban J connectivity index is 1.47. The lowest BCUT2D eigenvalue weighted by Gasteiger charge is -2.49. The predicted molar refractivity (Wildman–Crippen MR) is 93.9 cm³/mol. The first-order valence-electron chi connectivity index (χ1n) is 9.64. The van der Waals surface area contributed by atoms with Crippen molar-refractivity contribution in [2.75, 3.05) is 19.6 Å². The van der Waals surface area contributed by atoms with E-state index in [0.717, 1.165) is 19.0 Å². The van der Waals surface area contributed by atoms with Crippen LogP contribution in [0.3, 0.4) is 0 Å². The SMILES string of the molecule is CC(=O)NC[C@H]1C[C@H]2CCN1C[C@@H]2c1cc(C2CCCC2)nn1C. The maximum Gasteiger partial charge on any atom is 0.216 e. The van der Waals surface area contributed by atoms with Crippen LogP contribution in [0.2, 0.25) is 0 Å². The van der Waals surface area contributed by atoms with Crippen molar-refractivity contribution in [2.45, 2.75) is 63.3 Å². The number of carbonyl (C=O) groups excluding carboxylic acids is 1. The van der Waals surface area contributed by atoms with E-state index < -0.39 is 0 Å². The molecule has 1 amide bonds. The van der Waals surface area contributed by atoms with Gasteiger partial charge < -0.3 is 5.32 Å². The molecule has 132 valence electrons. The smallest absolute Gasteiger partial charge is 0.216 e. The number of aryl methyl sites for hydroxylation is 1. The molecule has 3 aliphatic heterocycles. The summed E-state index contributed by atoms with van der Waals surface area (Å²) in [7, 11) is 2.13. The van der Waals surface area contributed by atoms with Crippen molar-refractivity contribution in [3.63, 3.8) is 0 Å². The fraction of sp³-hybridized carbons (Fsp3) is 0.789. The summed E-state index contributed by atoms with van der Waals surface area (Å²) in [6.45, 7) is 4.72. The minimum absolute atomic E-state index is 0.0852. The molecule has 0 radical (unpaired) electrons. The molecule has 5 rings (SSSR count). The number of piperidine rings is 3. The second kappa shape index (κ2) is 6.51. The number of amides is 1. The fourth-order valence-corrected chi connectivity index (χ4v) is 5.22. The molecule has 1 unspecified atom stereocenters. The van der Waals surface area contributed by atoms with Crippen molar-refractivity contribution in [2.24, 2.45) is 13.0 Å². The van der Waals surface area contributed by atoms with Gasteiger partial charge in [0.15, 0.2) is 0 Å². The molecule has 4 fully saturated rings. The summed E-state index contributed by atoms with van der Waals surface area (Å²) >= 11 is 0. The van der Waals surface area contributed by atoms with Gasteiger partial charge in [0.25, 0.3) is 0 Å². The van der Waals surface area contributed by atoms with E-state index in [4.69, 9.17) is 5.10 Å². The number of fused-ring (bicyclic) bond motifs is 3. The third kappa shape index (κ3) is 2.99. The number of nitrogens with one attached hydrogen (secondary N) is 1. The molecule has 2 bridgehead atoms. The Labute approximate surface area is 144 Å². The molecular weight excluding hydrogens is 300 g/mol. The molecule has 0 aromatic carbocycles. The van der Waals surface area contributed by atoms with E-state index in [9.17, 15) is 4.79 Å². The van der Waals surface area contributed by atoms with Crippen LogP contribution in [0, 0.1) is 5.92 Å². The first-order chi connectivity index (χ1) is 11.6. The zero-order valence-corrected chi connectivity index (χ0v) is 15.0. The minimum atomic E-state index is 0.0852. The van der Waals surface area contributed by atoms with Crippen molar-refractivity contribution in [1.82, 2.24) is 20.0 Å². The summed E-state index contributed by atoms with van der Waals surface area (Å²) in [6.07, 6.45) is 7.84. The standard InChI is InChI=1S/C19H30N4O/c1-13(24)20-11-16-9-15-7-8-23(16)12-17(15)19-10-18(21-22(19)2)14-5-3-4-6-14/h10,14-17H,3-9,11-12H2,1-2H3,(H,20,24)/t15-,16-,17+/m1/s1. The highest BCUT2D eigenvalue weighted by Crippen LogP contribution is 2.43. The van der Waals surface area contributed by atoms with Crippen LogP contribution in [0.4, 0.5) is 0 Å². The van der Waals surface area contributed by atoms with Gasteiger partial charge in [-0.2, -0.15) is 5.10 Å². The second-order valence-electron chi connectivity index (χ2n) is 8.08. The number of rotatable bonds is 4. The molecule has 0 spiro atoms. The van der Waals surface area contributed by atoms with Crippen molar-refractivity contribution < 1.29 is 4.79 Å². The molecule has 4 aliphatic rings. The first kappa shape index (κ1) is 16.1. The van der Waals surface area contributed by atoms with Gasteiger partial charge in [-0.25, -0.2) is 0 Å². The van der Waals surface area contributed by atoms with Crippen molar-refractivity contribution in [3.05, 3.63) is 17.5 Å². The largest absolute Gasteiger partial charge is 0.355 e. The van der Waals surface area contributed by atoms with Crippen molar-refractivity contribution in [1.29, 1.82) is 0 Å². The molecule has 5 heteroatoms. The van der Waals surface area contributed by atoms with Gasteiger partial charge in [-0.3, -0.25) is 14.4 Å². The van der Waals surface area contributed by atoms with Crippen LogP contribution in [0.15, 0.2) is 6.07 Å². The van der Waals surface area contributed by atoms with Gasteiger partial charge in [0.2, 0.25) is 5.91 Å². The second-order valence-corrected chi connectivity index (χ2v) is 8.08. The quantitative estimate of drug-likeness (QED) is 0.922. The molecule has 1 aromatic rings. The average Bonchev–Trinajstić information content (AvgIpc) is 3.22. The van der Waals surface area contributed by atoms with Crippen LogP contribution in [0.5, 0.6) is 0 Å². The van der Waals surface area contributed by atoms with Crippen LogP contribution in [0.1, 0.15) is 68.7 Å². The van der Waals surface area contributed by atoms with E-state index in [1.54, 1.807) is 6.92 Å². The lowest BCUT2D eigenvalue weighted by molar-refractivity contribution is -0.119. The van der Waals surface area contributed by atoms with Gasteiger partial charge in [0.1, 0.15) is 0 Å². The Bertz CT molecular complexity index is 605. The molecule has 1 aliphatic carbocycles. The molecule has 3 saturated heterocycles. The van der Waals surface area contributed by atoms with Crippen LogP contribution in [-0.2, 0) is 11.8 Å². The van der Waals surface area contributed by atoms with E-state index in [0.29, 0.717) is 17.9 Å². The molecule has 4 heterocycles. The van der Waals surface area contributed by atoms with Crippen LogP contribution in [0.25, 0.3) is 0 Å². The molecule has 4 atom stereocenters. The van der Waals surface area contributed by atoms with Crippen LogP contribution < -0.4 is 5.32 Å². The van der Waals surface area contributed by atoms with Gasteiger partial charge in [-0.1, -0.05) is 12.8 Å². The highest BCUT2D eigenvalue weighted by molar-refractivity contribution is 5.72. The Morgan fingerprint density at radius 3 is 2.79 bits per heavy atom. The Morgan fingerprint density at radius 1 is 1.33 bits per heavy atom. The molecule has 1 aromatic heterocycles. The fourth-order valence-electron chi connectivity index (χ4n) is 5.22. The number of nitrogens with zero attached hydrogens (tertiary/aromatic N) is 3. The van der Waals surface area contributed by atoms with E-state index in [1.807, 2.05) is 0 Å². The summed E-state index contributed by atoms with van der Waals surface area (Å²) in [5.41, 5.74) is 2.76. The normalized spacial score (nSPS) is 33.1. The number of aromatic nitrogens is 2. The highest BCUT2D eigenvalue weighted by Gasteiger charge is 2.42. The van der Waals surface area contributed by atoms with Gasteiger partial charge in [0.05, 0.1) is 5.69 Å². The van der Waals surface area contributed by atoms with Crippen molar-refractivity contribution >= 4 is 5.91 Å². The Morgan fingerprint density at radius 2 is 2.12 bits per heavy atom. The van der Waals surface area contributed by atoms with Crippen LogP contribution >= 0.6 is 0 Å². The van der Waals surface area contributed by atoms with E-state index in [-0.39, 0.29) is 5.91 Å². The third-order valence-electron chi connectivity index (χ3n) is 6.55. The van der Waals surface area contributed by atoms with Crippen LogP contribution in [-0.4, -0.2) is 46.3 Å². The third-order valence-corrected chi connectivity index (χ3v) is 6.55. The van der Waals surface area contributed by atoms with E-state index in [2.05, 4.69) is 28.0 Å². The predicted octanol–water partition coefficient (Wildman–Crippen LogP) is 2.39. The lowest BCUT2D eigenvalue weighted by atomic mass is 9.74. The number of hydrogen-bond donors (Lipinski definition) is 1. The molecule has 24 heavy (non-hydrogen) atoms. The molecule has 1 N–H and O–H groups in total. The summed E-state index contributed by atoms with van der Waals surface area (Å²) < 4.78 is 2.16.